The van der Waals surface area contributed by atoms with E-state index in [9.17, 15) is 9.59 Å². The zero-order valence-corrected chi connectivity index (χ0v) is 22.4. The molecule has 98 valence electrons. The average Bonchev–Trinajstić information content (AvgIpc) is 2.27. The fraction of sp³-hybridized carbons (Fsp3) is 0.800. The van der Waals surface area contributed by atoms with Crippen LogP contribution in [0.2, 0.25) is 8.86 Å². The third-order valence-electron chi connectivity index (χ3n) is 3.18. The molecule has 0 N–H and O–H groups in total. The van der Waals surface area contributed by atoms with Crippen LogP contribution in [0.25, 0.3) is 0 Å². The van der Waals surface area contributed by atoms with Gasteiger partial charge < -0.3 is 0 Å². The molecule has 1 heterocycles. The maximum absolute atomic E-state index is 10.9. The van der Waals surface area contributed by atoms with Gasteiger partial charge in [0.15, 0.2) is 0 Å². The third-order valence-corrected chi connectivity index (χ3v) is 23.5. The summed E-state index contributed by atoms with van der Waals surface area (Å²) < 4.78 is 26.0. The van der Waals surface area contributed by atoms with E-state index >= 15 is 0 Å². The Bertz CT molecular complexity index is 273. The van der Waals surface area contributed by atoms with Gasteiger partial charge in [0.25, 0.3) is 0 Å². The Kier molecular flexibility index (Phi) is 7.57. The zero-order chi connectivity index (χ0) is 13.7. The summed E-state index contributed by atoms with van der Waals surface area (Å²) in [4.78, 5) is 21.8. The minimum atomic E-state index is -2.63. The molecule has 1 aliphatic rings. The summed E-state index contributed by atoms with van der Waals surface area (Å²) in [6, 6.07) is 0. The van der Waals surface area contributed by atoms with Crippen LogP contribution >= 0.6 is 0 Å². The first kappa shape index (κ1) is 16.8. The van der Waals surface area contributed by atoms with Crippen molar-refractivity contribution in [2.24, 2.45) is 0 Å². The van der Waals surface area contributed by atoms with Gasteiger partial charge in [-0.2, -0.15) is 0 Å². The number of hydrogen-bond donors (Lipinski definition) is 0. The average molecular weight is 635 g/mol. The molecule has 18 heavy (non-hydrogen) atoms. The fourth-order valence-corrected chi connectivity index (χ4v) is 15.8. The molecule has 0 radical (unpaired) electrons. The second kappa shape index (κ2) is 8.11. The van der Waals surface area contributed by atoms with E-state index in [-0.39, 0.29) is 19.2 Å². The first-order valence-corrected chi connectivity index (χ1v) is 28.3. The Hall–Kier alpha value is 0.730. The first-order valence-electron chi connectivity index (χ1n) is 6.49. The van der Waals surface area contributed by atoms with Crippen molar-refractivity contribution in [3.05, 3.63) is 0 Å². The zero-order valence-electron chi connectivity index (χ0n) is 11.4. The number of hydrogen-bond acceptors (Lipinski definition) is 6. The maximum atomic E-state index is 10.9. The van der Waals surface area contributed by atoms with Crippen LogP contribution in [0.3, 0.4) is 0 Å². The van der Waals surface area contributed by atoms with Crippen LogP contribution in [0, 0.1) is 0 Å². The Morgan fingerprint density at radius 1 is 0.944 bits per heavy atom. The van der Waals surface area contributed by atoms with Crippen LogP contribution in [-0.4, -0.2) is 32.4 Å². The molecule has 1 aliphatic heterocycles. The quantitative estimate of drug-likeness (QED) is 0.430. The molecule has 0 spiro atoms. The van der Waals surface area contributed by atoms with Crippen molar-refractivity contribution in [2.75, 3.05) is 13.2 Å². The van der Waals surface area contributed by atoms with Gasteiger partial charge in [-0.05, 0) is 0 Å². The van der Waals surface area contributed by atoms with Gasteiger partial charge >= 0.3 is 126 Å². The molecule has 8 heteroatoms. The number of carbonyl (C=O) groups excluding carboxylic acids is 2. The van der Waals surface area contributed by atoms with Crippen LogP contribution in [0.1, 0.15) is 13.8 Å². The van der Waals surface area contributed by atoms with E-state index in [0.717, 1.165) is 0 Å². The Labute approximate surface area is 125 Å². The topological polar surface area (TPSA) is 71.1 Å². The van der Waals surface area contributed by atoms with Crippen LogP contribution < -0.4 is 0 Å². The molecule has 0 amide bonds. The number of ether oxygens (including phenoxy) is 2. The molecule has 0 aliphatic carbocycles. The summed E-state index contributed by atoms with van der Waals surface area (Å²) in [5.74, 6) is -0.457. The van der Waals surface area contributed by atoms with Gasteiger partial charge in [0.2, 0.25) is 0 Å². The van der Waals surface area contributed by atoms with E-state index in [2.05, 4.69) is 0 Å². The van der Waals surface area contributed by atoms with E-state index < -0.39 is 47.0 Å². The summed E-state index contributed by atoms with van der Waals surface area (Å²) in [5.41, 5.74) is 0. The second-order valence-corrected chi connectivity index (χ2v) is 27.7. The van der Waals surface area contributed by atoms with Gasteiger partial charge in [0.05, 0.1) is 0 Å². The predicted octanol–water partition coefficient (Wildman–Crippen LogP) is 0.974. The molecular formula is C10H18Hg2O6. The standard InChI is InChI=1S/C4H6O2.2C2H4O2.2CH3.2Hg/c1-2-6-4-3-5-1;2*1-2(3)4;;;;/h1,4H,2-3H2;2*1H3,(H,3,4);2*1H3;;/q;;;;;2*+1/p-2. The van der Waals surface area contributed by atoms with Crippen molar-refractivity contribution < 1.29 is 71.3 Å². The SMILES string of the molecule is CC(=O)[O][Hg]([CH3])[CH]1CO[CH]([Hg]([CH3])[O]C(C)=O)CO1. The van der Waals surface area contributed by atoms with Crippen molar-refractivity contribution >= 4 is 11.9 Å². The Morgan fingerprint density at radius 3 is 1.50 bits per heavy atom. The van der Waals surface area contributed by atoms with Crippen LogP contribution in [-0.2, 0) is 71.3 Å². The molecule has 1 fully saturated rings. The first-order chi connectivity index (χ1) is 8.40. The van der Waals surface area contributed by atoms with E-state index in [1.807, 2.05) is 8.86 Å². The van der Waals surface area contributed by atoms with Gasteiger partial charge in [0, 0.05) is 0 Å². The molecule has 2 unspecified atom stereocenters. The van der Waals surface area contributed by atoms with E-state index in [0.29, 0.717) is 13.2 Å². The van der Waals surface area contributed by atoms with Crippen molar-refractivity contribution in [3.8, 4) is 0 Å². The van der Waals surface area contributed by atoms with Crippen molar-refractivity contribution in [1.29, 1.82) is 0 Å². The monoisotopic (exact) mass is 638 g/mol. The minimum absolute atomic E-state index is 0.0142. The Morgan fingerprint density at radius 2 is 1.28 bits per heavy atom. The molecule has 0 saturated carbocycles. The predicted molar refractivity (Wildman–Crippen MR) is 54.7 cm³/mol. The van der Waals surface area contributed by atoms with Crippen LogP contribution in [0.5, 0.6) is 0 Å². The van der Waals surface area contributed by atoms with Gasteiger partial charge in [-0.25, -0.2) is 0 Å². The molecular weight excluding hydrogens is 617 g/mol. The van der Waals surface area contributed by atoms with Crippen LogP contribution in [0.15, 0.2) is 0 Å². The summed E-state index contributed by atoms with van der Waals surface area (Å²) in [6.45, 7) is 3.79. The molecule has 0 bridgehead atoms. The molecule has 0 aromatic carbocycles. The molecule has 1 saturated heterocycles. The summed E-state index contributed by atoms with van der Waals surface area (Å²) in [6.07, 6.45) is 0. The summed E-state index contributed by atoms with van der Waals surface area (Å²) >= 11 is -5.25. The molecule has 0 aromatic heterocycles. The van der Waals surface area contributed by atoms with Gasteiger partial charge in [-0.1, -0.05) is 0 Å². The number of rotatable bonds is 4. The van der Waals surface area contributed by atoms with Gasteiger partial charge in [-0.15, -0.1) is 0 Å². The van der Waals surface area contributed by atoms with E-state index in [1.54, 1.807) is 0 Å². The molecule has 2 atom stereocenters. The molecule has 6 nitrogen and oxygen atoms in total. The van der Waals surface area contributed by atoms with Crippen LogP contribution in [0.4, 0.5) is 0 Å². The van der Waals surface area contributed by atoms with Crippen molar-refractivity contribution in [3.63, 3.8) is 0 Å². The van der Waals surface area contributed by atoms with Gasteiger partial charge in [0.1, 0.15) is 0 Å². The third kappa shape index (κ3) is 5.79. The van der Waals surface area contributed by atoms with Gasteiger partial charge in [-0.3, -0.25) is 0 Å². The van der Waals surface area contributed by atoms with E-state index in [1.165, 1.54) is 13.8 Å². The van der Waals surface area contributed by atoms with Crippen molar-refractivity contribution in [2.45, 2.75) is 29.9 Å². The second-order valence-electron chi connectivity index (χ2n) is 4.91. The molecule has 0 aromatic rings. The summed E-state index contributed by atoms with van der Waals surface area (Å²) in [7, 11) is 0. The fourth-order valence-electron chi connectivity index (χ4n) is 2.07. The van der Waals surface area contributed by atoms with Crippen molar-refractivity contribution in [1.82, 2.24) is 0 Å². The summed E-state index contributed by atoms with van der Waals surface area (Å²) in [5, 5.41) is 0. The van der Waals surface area contributed by atoms with E-state index in [4.69, 9.17) is 14.8 Å². The normalized spacial score (nSPS) is 23.1. The Balaban J connectivity index is 2.36. The number of carbonyl (C=O) groups is 2. The molecule has 1 rings (SSSR count).